The molecule has 0 atom stereocenters. The fourth-order valence-electron chi connectivity index (χ4n) is 0. The van der Waals surface area contributed by atoms with Crippen LogP contribution in [0.5, 0.6) is 0 Å². The molecule has 0 heterocycles. The Labute approximate surface area is 97.0 Å². The number of hydrogen-bond donors (Lipinski definition) is 0. The van der Waals surface area contributed by atoms with Crippen LogP contribution in [-0.4, -0.2) is 34.0 Å². The summed E-state index contributed by atoms with van der Waals surface area (Å²) >= 11 is 0. The van der Waals surface area contributed by atoms with E-state index in [1.54, 1.807) is 0 Å². The molecule has 0 aromatic carbocycles. The maximum Gasteiger partial charge on any atom is 2.00 e. The van der Waals surface area contributed by atoms with Gasteiger partial charge in [-0.1, -0.05) is 0 Å². The minimum atomic E-state index is 0. The summed E-state index contributed by atoms with van der Waals surface area (Å²) in [6, 6.07) is 0. The average Bonchev–Trinajstić information content (AvgIpc) is 0. The van der Waals surface area contributed by atoms with E-state index in [0.29, 0.717) is 0 Å². The molecule has 4 heteroatoms. The Bertz CT molecular complexity index is 14.9. The summed E-state index contributed by atoms with van der Waals surface area (Å²) in [5, 5.41) is 0. The second-order valence-electron chi connectivity index (χ2n) is 0. The molecule has 0 aromatic heterocycles. The molecular formula is H6CeLiMgSi. The first-order chi connectivity index (χ1) is 0. The molecule has 1 radical (unpaired) electrons. The van der Waals surface area contributed by atoms with E-state index in [9.17, 15) is 0 Å². The second kappa shape index (κ2) is 16.7. The fourth-order valence-corrected chi connectivity index (χ4v) is 0. The van der Waals surface area contributed by atoms with Crippen molar-refractivity contribution in [3.63, 3.8) is 0 Å². The molecule has 17 valence electrons. The monoisotopic (exact) mass is 205 g/mol. The van der Waals surface area contributed by atoms with Crippen LogP contribution < -0.4 is 18.9 Å². The van der Waals surface area contributed by atoms with Crippen LogP contribution in [0, 0.1) is 41.7 Å². The van der Waals surface area contributed by atoms with Gasteiger partial charge >= 0.3 is 41.9 Å². The fraction of sp³-hybridized carbons (Fsp3) is 0. The number of hydrogen-bond acceptors (Lipinski definition) is 0. The maximum atomic E-state index is 0. The first-order valence-electron chi connectivity index (χ1n) is 0. The summed E-state index contributed by atoms with van der Waals surface area (Å²) in [6.45, 7) is 0. The Balaban J connectivity index is 0. The summed E-state index contributed by atoms with van der Waals surface area (Å²) in [5.41, 5.74) is 0. The van der Waals surface area contributed by atoms with Gasteiger partial charge < -0.3 is 4.28 Å². The van der Waals surface area contributed by atoms with Crippen LogP contribution in [0.2, 0.25) is 0 Å². The zero-order chi connectivity index (χ0) is 0. The molecule has 0 rings (SSSR count). The molecular weight excluding hydrogens is 199 g/mol. The summed E-state index contributed by atoms with van der Waals surface area (Å²) in [7, 11) is 0. The molecule has 0 aliphatic rings. The van der Waals surface area contributed by atoms with E-state index in [1.807, 2.05) is 0 Å². The van der Waals surface area contributed by atoms with Crippen LogP contribution >= 0.6 is 0 Å². The van der Waals surface area contributed by atoms with Gasteiger partial charge in [0.1, 0.15) is 0 Å². The number of rotatable bonds is 0. The van der Waals surface area contributed by atoms with Crippen molar-refractivity contribution in [2.24, 2.45) is 0 Å². The third kappa shape index (κ3) is 8.88. The van der Waals surface area contributed by atoms with Crippen LogP contribution in [0.3, 0.4) is 0 Å². The van der Waals surface area contributed by atoms with E-state index in [4.69, 9.17) is 0 Å². The molecule has 0 aromatic rings. The minimum Gasteiger partial charge on any atom is -1.00 e. The summed E-state index contributed by atoms with van der Waals surface area (Å²) in [4.78, 5) is 0. The van der Waals surface area contributed by atoms with Gasteiger partial charge in [-0.25, -0.2) is 0 Å². The van der Waals surface area contributed by atoms with Crippen molar-refractivity contribution in [2.75, 3.05) is 0 Å². The molecule has 0 bridgehead atoms. The Morgan fingerprint density at radius 2 is 1.25 bits per heavy atom. The van der Waals surface area contributed by atoms with Crippen molar-refractivity contribution in [1.82, 2.24) is 0 Å². The predicted octanol–water partition coefficient (Wildman–Crippen LogP) is -4.22. The molecule has 0 nitrogen and oxygen atoms in total. The van der Waals surface area contributed by atoms with E-state index in [0.717, 1.165) is 0 Å². The van der Waals surface area contributed by atoms with Crippen LogP contribution in [-0.2, 0) is 0 Å². The molecule has 0 fully saturated rings. The van der Waals surface area contributed by atoms with Gasteiger partial charge in [-0.05, 0) is 11.0 Å². The van der Waals surface area contributed by atoms with E-state index >= 15 is 0 Å². The van der Waals surface area contributed by atoms with E-state index < -0.39 is 0 Å². The topological polar surface area (TPSA) is 0 Å². The van der Waals surface area contributed by atoms with Crippen molar-refractivity contribution in [3.8, 4) is 0 Å². The van der Waals surface area contributed by atoms with E-state index in [2.05, 4.69) is 0 Å². The van der Waals surface area contributed by atoms with E-state index in [1.165, 1.54) is 0 Å². The van der Waals surface area contributed by atoms with Gasteiger partial charge in [-0.2, -0.15) is 0 Å². The zero-order valence-corrected chi connectivity index (χ0v) is 9.76. The van der Waals surface area contributed by atoms with Crippen molar-refractivity contribution in [1.29, 1.82) is 0 Å². The normalized spacial score (nSPS) is 0. The third-order valence-electron chi connectivity index (χ3n) is 0. The van der Waals surface area contributed by atoms with Gasteiger partial charge in [0.05, 0.1) is 0 Å². The van der Waals surface area contributed by atoms with Crippen LogP contribution in [0.15, 0.2) is 0 Å². The molecule has 0 N–H and O–H groups in total. The summed E-state index contributed by atoms with van der Waals surface area (Å²) in [5.74, 6) is 0. The standard InChI is InChI=1S/Ce.Li.Mg.H3Si.3H/h;;;1H3;;;/q;+1;+2;;3*-1. The van der Waals surface area contributed by atoms with Crippen molar-refractivity contribution in [2.45, 2.75) is 0 Å². The van der Waals surface area contributed by atoms with Gasteiger partial charge in [0, 0.05) is 41.7 Å². The Morgan fingerprint density at radius 3 is 1.25 bits per heavy atom. The molecule has 0 unspecified atom stereocenters. The zero-order valence-electron chi connectivity index (χ0n) is 6.21. The molecule has 0 aliphatic carbocycles. The van der Waals surface area contributed by atoms with Gasteiger partial charge in [0.25, 0.3) is 0 Å². The van der Waals surface area contributed by atoms with Gasteiger partial charge in [0.15, 0.2) is 0 Å². The predicted molar refractivity (Wildman–Crippen MR) is 19.0 cm³/mol. The molecule has 0 saturated carbocycles. The maximum absolute atomic E-state index is 0. The Morgan fingerprint density at radius 1 is 1.25 bits per heavy atom. The van der Waals surface area contributed by atoms with Crippen molar-refractivity contribution >= 4 is 34.0 Å². The smallest absolute Gasteiger partial charge is 1.00 e. The van der Waals surface area contributed by atoms with Crippen LogP contribution in [0.4, 0.5) is 0 Å². The van der Waals surface area contributed by atoms with Crippen molar-refractivity contribution in [3.05, 3.63) is 0 Å². The van der Waals surface area contributed by atoms with Crippen LogP contribution in [0.25, 0.3) is 0 Å². The Hall–Kier alpha value is 2.96. The Kier molecular flexibility index (Phi) is 118. The molecule has 0 spiro atoms. The van der Waals surface area contributed by atoms with Crippen molar-refractivity contribution < 1.29 is 64.9 Å². The second-order valence-corrected chi connectivity index (χ2v) is 0. The molecule has 4 heavy (non-hydrogen) atoms. The summed E-state index contributed by atoms with van der Waals surface area (Å²) in [6.07, 6.45) is 0. The van der Waals surface area contributed by atoms with Gasteiger partial charge in [-0.3, -0.25) is 0 Å². The molecule has 0 amide bonds. The van der Waals surface area contributed by atoms with Gasteiger partial charge in [0.2, 0.25) is 0 Å². The first-order valence-corrected chi connectivity index (χ1v) is 0. The SMILES string of the molecule is [Ce].[H-].[H-].[H-].[Li+].[Mg+2].[SiH3]. The van der Waals surface area contributed by atoms with Crippen LogP contribution in [0.1, 0.15) is 4.28 Å². The molecule has 0 saturated heterocycles. The first kappa shape index (κ1) is 28.2. The minimum absolute atomic E-state index is 0. The third-order valence-corrected chi connectivity index (χ3v) is 0. The molecule has 0 aliphatic heterocycles. The average molecular weight is 205 g/mol. The largest absolute Gasteiger partial charge is 2.00 e. The van der Waals surface area contributed by atoms with E-state index in [-0.39, 0.29) is 98.9 Å². The summed E-state index contributed by atoms with van der Waals surface area (Å²) < 4.78 is 0. The van der Waals surface area contributed by atoms with Gasteiger partial charge in [-0.15, -0.1) is 0 Å². The quantitative estimate of drug-likeness (QED) is 0.352.